The largest absolute Gasteiger partial charge is 0.491 e. The van der Waals surface area contributed by atoms with Gasteiger partial charge in [0.2, 0.25) is 0 Å². The van der Waals surface area contributed by atoms with Gasteiger partial charge in [-0.2, -0.15) is 0 Å². The zero-order valence-electron chi connectivity index (χ0n) is 19.8. The molecule has 0 unspecified atom stereocenters. The van der Waals surface area contributed by atoms with E-state index < -0.39 is 0 Å². The molecule has 4 aromatic carbocycles. The third-order valence-electron chi connectivity index (χ3n) is 6.24. The molecule has 0 aliphatic heterocycles. The van der Waals surface area contributed by atoms with Crippen molar-refractivity contribution < 1.29 is 9.84 Å². The quantitative estimate of drug-likeness (QED) is 0.270. The Morgan fingerprint density at radius 3 is 1.26 bits per heavy atom. The van der Waals surface area contributed by atoms with E-state index in [0.717, 1.165) is 44.3 Å². The van der Waals surface area contributed by atoms with Crippen LogP contribution in [-0.2, 0) is 38.5 Å². The summed E-state index contributed by atoms with van der Waals surface area (Å²) in [6, 6.07) is 36.6. The summed E-state index contributed by atoms with van der Waals surface area (Å²) in [5.74, 6) is 0.962. The molecule has 0 aromatic heterocycles. The lowest BCUT2D eigenvalue weighted by molar-refractivity contribution is 0.199. The molecule has 2 nitrogen and oxygen atoms in total. The second-order valence-corrected chi connectivity index (χ2v) is 8.77. The predicted molar refractivity (Wildman–Crippen MR) is 141 cm³/mol. The second kappa shape index (κ2) is 12.8. The molecule has 174 valence electrons. The maximum absolute atomic E-state index is 9.47. The first-order valence-corrected chi connectivity index (χ1v) is 12.3. The normalized spacial score (nSPS) is 10.9. The van der Waals surface area contributed by atoms with E-state index in [-0.39, 0.29) is 6.61 Å². The zero-order valence-corrected chi connectivity index (χ0v) is 19.8. The number of ether oxygens (including phenoxy) is 1. The van der Waals surface area contributed by atoms with Gasteiger partial charge in [0.05, 0.1) is 6.61 Å². The van der Waals surface area contributed by atoms with Gasteiger partial charge in [-0.25, -0.2) is 0 Å². The number of aliphatic hydroxyl groups excluding tert-OH is 1. The van der Waals surface area contributed by atoms with Crippen molar-refractivity contribution in [2.75, 3.05) is 13.2 Å². The summed E-state index contributed by atoms with van der Waals surface area (Å²) in [5.41, 5.74) is 7.86. The molecular weight excluding hydrogens is 416 g/mol. The molecule has 4 aromatic rings. The molecule has 0 spiro atoms. The highest BCUT2D eigenvalue weighted by Gasteiger charge is 2.14. The highest BCUT2D eigenvalue weighted by molar-refractivity contribution is 5.46. The van der Waals surface area contributed by atoms with Crippen LogP contribution in [0.1, 0.15) is 33.4 Å². The molecule has 2 heteroatoms. The van der Waals surface area contributed by atoms with E-state index in [0.29, 0.717) is 6.61 Å². The van der Waals surface area contributed by atoms with Crippen molar-refractivity contribution in [3.05, 3.63) is 137 Å². The van der Waals surface area contributed by atoms with Crippen LogP contribution in [0.15, 0.2) is 103 Å². The minimum atomic E-state index is 0.0199. The van der Waals surface area contributed by atoms with Crippen molar-refractivity contribution in [3.63, 3.8) is 0 Å². The summed E-state index contributed by atoms with van der Waals surface area (Å²) in [5, 5.41) is 9.47. The molecule has 0 aliphatic carbocycles. The minimum Gasteiger partial charge on any atom is -0.491 e. The average molecular weight is 451 g/mol. The van der Waals surface area contributed by atoms with Gasteiger partial charge in [0.1, 0.15) is 12.4 Å². The lowest BCUT2D eigenvalue weighted by Gasteiger charge is -2.18. The van der Waals surface area contributed by atoms with E-state index in [9.17, 15) is 5.11 Å². The maximum Gasteiger partial charge on any atom is 0.125 e. The van der Waals surface area contributed by atoms with Gasteiger partial charge in [-0.15, -0.1) is 0 Å². The minimum absolute atomic E-state index is 0.0199. The van der Waals surface area contributed by atoms with Crippen LogP contribution >= 0.6 is 0 Å². The van der Waals surface area contributed by atoms with Crippen LogP contribution in [0.4, 0.5) is 0 Å². The van der Waals surface area contributed by atoms with Gasteiger partial charge in [-0.05, 0) is 71.9 Å². The van der Waals surface area contributed by atoms with Gasteiger partial charge in [0.25, 0.3) is 0 Å². The lowest BCUT2D eigenvalue weighted by Crippen LogP contribution is -2.09. The van der Waals surface area contributed by atoms with Crippen LogP contribution in [0.25, 0.3) is 0 Å². The molecule has 0 saturated heterocycles. The van der Waals surface area contributed by atoms with E-state index in [2.05, 4.69) is 103 Å². The fourth-order valence-electron chi connectivity index (χ4n) is 4.46. The fourth-order valence-corrected chi connectivity index (χ4v) is 4.46. The Balaban J connectivity index is 1.61. The molecule has 0 aliphatic rings. The van der Waals surface area contributed by atoms with Crippen molar-refractivity contribution in [1.29, 1.82) is 0 Å². The number of aryl methyl sites for hydroxylation is 6. The Morgan fingerprint density at radius 2 is 0.853 bits per heavy atom. The fraction of sp³-hybridized carbons (Fsp3) is 0.250. The summed E-state index contributed by atoms with van der Waals surface area (Å²) >= 11 is 0. The molecule has 4 rings (SSSR count). The van der Waals surface area contributed by atoms with Crippen LogP contribution in [0.3, 0.4) is 0 Å². The molecule has 0 saturated carbocycles. The third kappa shape index (κ3) is 7.07. The van der Waals surface area contributed by atoms with Crippen molar-refractivity contribution in [1.82, 2.24) is 0 Å². The van der Waals surface area contributed by atoms with Crippen LogP contribution < -0.4 is 4.74 Å². The van der Waals surface area contributed by atoms with E-state index in [1.165, 1.54) is 33.4 Å². The summed E-state index contributed by atoms with van der Waals surface area (Å²) in [7, 11) is 0. The van der Waals surface area contributed by atoms with Gasteiger partial charge in [-0.1, -0.05) is 103 Å². The van der Waals surface area contributed by atoms with Gasteiger partial charge >= 0.3 is 0 Å². The Hall–Kier alpha value is -3.36. The van der Waals surface area contributed by atoms with Crippen LogP contribution in [0.5, 0.6) is 5.75 Å². The van der Waals surface area contributed by atoms with E-state index in [1.54, 1.807) is 0 Å². The Morgan fingerprint density at radius 1 is 0.471 bits per heavy atom. The number of rotatable bonds is 12. The molecule has 0 radical (unpaired) electrons. The first kappa shape index (κ1) is 23.8. The van der Waals surface area contributed by atoms with Gasteiger partial charge in [-0.3, -0.25) is 0 Å². The molecule has 0 fully saturated rings. The van der Waals surface area contributed by atoms with E-state index in [4.69, 9.17) is 4.74 Å². The first-order valence-electron chi connectivity index (χ1n) is 12.3. The van der Waals surface area contributed by atoms with Gasteiger partial charge in [0, 0.05) is 0 Å². The predicted octanol–water partition coefficient (Wildman–Crippen LogP) is 6.41. The average Bonchev–Trinajstić information content (AvgIpc) is 2.90. The lowest BCUT2D eigenvalue weighted by atomic mass is 9.93. The summed E-state index contributed by atoms with van der Waals surface area (Å²) in [6.45, 7) is 0.339. The monoisotopic (exact) mass is 450 g/mol. The molecule has 34 heavy (non-hydrogen) atoms. The molecule has 0 heterocycles. The number of aliphatic hydroxyl groups is 1. The summed E-state index contributed by atoms with van der Waals surface area (Å²) in [4.78, 5) is 0. The highest BCUT2D eigenvalue weighted by atomic mass is 16.5. The highest BCUT2D eigenvalue weighted by Crippen LogP contribution is 2.30. The molecule has 1 N–H and O–H groups in total. The first-order chi connectivity index (χ1) is 16.8. The van der Waals surface area contributed by atoms with E-state index in [1.807, 2.05) is 0 Å². The topological polar surface area (TPSA) is 29.5 Å². The third-order valence-corrected chi connectivity index (χ3v) is 6.24. The number of hydrogen-bond donors (Lipinski definition) is 1. The van der Waals surface area contributed by atoms with Crippen LogP contribution in [0, 0.1) is 0 Å². The van der Waals surface area contributed by atoms with Crippen LogP contribution in [-0.4, -0.2) is 18.3 Å². The molecule has 0 atom stereocenters. The SMILES string of the molecule is OCCOc1c(CCc2ccccc2)cc(CCc2ccccc2)cc1CCc1ccccc1. The smallest absolute Gasteiger partial charge is 0.125 e. The zero-order chi connectivity index (χ0) is 23.4. The Labute approximate surface area is 203 Å². The van der Waals surface area contributed by atoms with Crippen molar-refractivity contribution >= 4 is 0 Å². The Bertz CT molecular complexity index is 1060. The molecule has 0 amide bonds. The molecular formula is C32H34O2. The van der Waals surface area contributed by atoms with Crippen molar-refractivity contribution in [2.24, 2.45) is 0 Å². The van der Waals surface area contributed by atoms with E-state index >= 15 is 0 Å². The maximum atomic E-state index is 9.47. The molecule has 0 bridgehead atoms. The number of hydrogen-bond acceptors (Lipinski definition) is 2. The second-order valence-electron chi connectivity index (χ2n) is 8.77. The van der Waals surface area contributed by atoms with Gasteiger partial charge < -0.3 is 9.84 Å². The van der Waals surface area contributed by atoms with Crippen molar-refractivity contribution in [2.45, 2.75) is 38.5 Å². The Kier molecular flexibility index (Phi) is 8.93. The van der Waals surface area contributed by atoms with Crippen molar-refractivity contribution in [3.8, 4) is 5.75 Å². The van der Waals surface area contributed by atoms with Crippen LogP contribution in [0.2, 0.25) is 0 Å². The number of benzene rings is 4. The summed E-state index contributed by atoms with van der Waals surface area (Å²) in [6.07, 6.45) is 5.80. The summed E-state index contributed by atoms with van der Waals surface area (Å²) < 4.78 is 6.16. The van der Waals surface area contributed by atoms with Gasteiger partial charge in [0.15, 0.2) is 0 Å². The standard InChI is InChI=1S/C32H34O2/c33-22-23-34-32-30(20-18-27-12-6-2-7-13-27)24-29(17-16-26-10-4-1-5-11-26)25-31(32)21-19-28-14-8-3-9-15-28/h1-15,24-25,33H,16-23H2.